The second kappa shape index (κ2) is 3.35. The average Bonchev–Trinajstić information content (AvgIpc) is 2.81. The largest absolute Gasteiger partial charge is 0.456 e. The average molecular weight is 252 g/mol. The Hall–Kier alpha value is -1.36. The smallest absolute Gasteiger partial charge is 0.330 e. The number of hydrogen-bond donors (Lipinski definition) is 0. The first-order valence-corrected chi connectivity index (χ1v) is 6.15. The molecule has 3 fully saturated rings. The van der Waals surface area contributed by atoms with Gasteiger partial charge in [-0.05, 0) is 13.8 Å². The molecule has 0 radical (unpaired) electrons. The number of rotatable bonds is 2. The third-order valence-corrected chi connectivity index (χ3v) is 4.38. The lowest BCUT2D eigenvalue weighted by molar-refractivity contribution is -0.229. The molecule has 5 heteroatoms. The van der Waals surface area contributed by atoms with Crippen molar-refractivity contribution in [3.05, 3.63) is 12.7 Å². The van der Waals surface area contributed by atoms with Gasteiger partial charge >= 0.3 is 11.9 Å². The van der Waals surface area contributed by atoms with E-state index in [1.165, 1.54) is 0 Å². The Morgan fingerprint density at radius 2 is 2.28 bits per heavy atom. The molecular formula is C13H16O5. The lowest BCUT2D eigenvalue weighted by Gasteiger charge is -2.50. The molecule has 0 aliphatic carbocycles. The number of carbonyl (C=O) groups is 2. The molecule has 3 saturated heterocycles. The van der Waals surface area contributed by atoms with Crippen LogP contribution < -0.4 is 0 Å². The maximum absolute atomic E-state index is 12.0. The van der Waals surface area contributed by atoms with E-state index in [2.05, 4.69) is 6.58 Å². The molecule has 5 unspecified atom stereocenters. The van der Waals surface area contributed by atoms with Crippen LogP contribution in [0.5, 0.6) is 0 Å². The molecule has 0 spiro atoms. The molecule has 5 nitrogen and oxygen atoms in total. The highest BCUT2D eigenvalue weighted by Gasteiger charge is 2.72. The molecule has 3 heterocycles. The van der Waals surface area contributed by atoms with Crippen LogP contribution in [0.2, 0.25) is 0 Å². The second-order valence-electron chi connectivity index (χ2n) is 5.58. The lowest BCUT2D eigenvalue weighted by atomic mass is 9.67. The Morgan fingerprint density at radius 1 is 1.56 bits per heavy atom. The molecule has 98 valence electrons. The fraction of sp³-hybridized carbons (Fsp3) is 0.692. The Labute approximate surface area is 105 Å². The van der Waals surface area contributed by atoms with Gasteiger partial charge in [0, 0.05) is 18.9 Å². The van der Waals surface area contributed by atoms with E-state index < -0.39 is 23.1 Å². The SMILES string of the molecule is C=CC(=O)OC12CC3CC(C)(OC(=O)C1C)C2O3. The van der Waals surface area contributed by atoms with Crippen LogP contribution in [0.3, 0.4) is 0 Å². The van der Waals surface area contributed by atoms with E-state index in [0.717, 1.165) is 6.08 Å². The zero-order chi connectivity index (χ0) is 13.1. The van der Waals surface area contributed by atoms with Crippen molar-refractivity contribution >= 4 is 11.9 Å². The summed E-state index contributed by atoms with van der Waals surface area (Å²) in [5, 5.41) is 0. The highest BCUT2D eigenvalue weighted by atomic mass is 16.6. The van der Waals surface area contributed by atoms with Gasteiger partial charge < -0.3 is 14.2 Å². The molecule has 0 N–H and O–H groups in total. The van der Waals surface area contributed by atoms with Crippen molar-refractivity contribution in [2.24, 2.45) is 5.92 Å². The molecular weight excluding hydrogens is 236 g/mol. The van der Waals surface area contributed by atoms with Gasteiger partial charge in [-0.2, -0.15) is 0 Å². The van der Waals surface area contributed by atoms with Gasteiger partial charge in [0.15, 0.2) is 5.60 Å². The van der Waals surface area contributed by atoms with Crippen molar-refractivity contribution in [3.8, 4) is 0 Å². The van der Waals surface area contributed by atoms with Crippen LogP contribution in [0.15, 0.2) is 12.7 Å². The van der Waals surface area contributed by atoms with Crippen LogP contribution >= 0.6 is 0 Å². The molecule has 3 aliphatic rings. The minimum Gasteiger partial charge on any atom is -0.456 e. The van der Waals surface area contributed by atoms with Crippen LogP contribution in [0.1, 0.15) is 26.7 Å². The fourth-order valence-electron chi connectivity index (χ4n) is 3.59. The van der Waals surface area contributed by atoms with E-state index in [-0.39, 0.29) is 18.2 Å². The molecule has 0 aromatic carbocycles. The van der Waals surface area contributed by atoms with E-state index in [1.807, 2.05) is 6.92 Å². The molecule has 3 rings (SSSR count). The zero-order valence-electron chi connectivity index (χ0n) is 10.5. The number of ether oxygens (including phenoxy) is 3. The lowest BCUT2D eigenvalue weighted by Crippen LogP contribution is -2.66. The Kier molecular flexibility index (Phi) is 2.18. The first-order chi connectivity index (χ1) is 8.41. The van der Waals surface area contributed by atoms with Gasteiger partial charge in [0.2, 0.25) is 0 Å². The highest BCUT2D eigenvalue weighted by Crippen LogP contribution is 2.57. The van der Waals surface area contributed by atoms with Crippen molar-refractivity contribution in [1.29, 1.82) is 0 Å². The summed E-state index contributed by atoms with van der Waals surface area (Å²) in [5.41, 5.74) is -1.56. The van der Waals surface area contributed by atoms with E-state index in [1.54, 1.807) is 6.92 Å². The van der Waals surface area contributed by atoms with E-state index >= 15 is 0 Å². The summed E-state index contributed by atoms with van der Waals surface area (Å²) in [6, 6.07) is 0. The van der Waals surface area contributed by atoms with Crippen LogP contribution in [0.25, 0.3) is 0 Å². The van der Waals surface area contributed by atoms with Gasteiger partial charge in [0.25, 0.3) is 0 Å². The van der Waals surface area contributed by atoms with Gasteiger partial charge in [-0.3, -0.25) is 4.79 Å². The Balaban J connectivity index is 2.02. The summed E-state index contributed by atoms with van der Waals surface area (Å²) in [4.78, 5) is 23.5. The second-order valence-corrected chi connectivity index (χ2v) is 5.58. The van der Waals surface area contributed by atoms with Crippen molar-refractivity contribution in [2.45, 2.75) is 50.1 Å². The maximum Gasteiger partial charge on any atom is 0.330 e. The normalized spacial score (nSPS) is 48.8. The molecule has 2 bridgehead atoms. The summed E-state index contributed by atoms with van der Waals surface area (Å²) in [5.74, 6) is -1.35. The number of fused-ring (bicyclic) bond motifs is 1. The predicted octanol–water partition coefficient (Wildman–Crippen LogP) is 0.967. The van der Waals surface area contributed by atoms with Crippen molar-refractivity contribution in [2.75, 3.05) is 0 Å². The third-order valence-electron chi connectivity index (χ3n) is 4.38. The van der Waals surface area contributed by atoms with Gasteiger partial charge in [-0.1, -0.05) is 6.58 Å². The number of esters is 2. The van der Waals surface area contributed by atoms with Crippen LogP contribution in [0.4, 0.5) is 0 Å². The Morgan fingerprint density at radius 3 is 2.89 bits per heavy atom. The highest BCUT2D eigenvalue weighted by molar-refractivity contribution is 5.83. The van der Waals surface area contributed by atoms with Crippen LogP contribution in [-0.2, 0) is 23.8 Å². The quantitative estimate of drug-likeness (QED) is 0.541. The first-order valence-electron chi connectivity index (χ1n) is 6.15. The molecule has 0 aromatic heterocycles. The van der Waals surface area contributed by atoms with Crippen molar-refractivity contribution in [3.63, 3.8) is 0 Å². The zero-order valence-corrected chi connectivity index (χ0v) is 10.5. The maximum atomic E-state index is 12.0. The predicted molar refractivity (Wildman–Crippen MR) is 60.6 cm³/mol. The first kappa shape index (κ1) is 11.7. The molecule has 18 heavy (non-hydrogen) atoms. The van der Waals surface area contributed by atoms with E-state index in [9.17, 15) is 9.59 Å². The summed E-state index contributed by atoms with van der Waals surface area (Å²) in [6.07, 6.45) is 1.97. The summed E-state index contributed by atoms with van der Waals surface area (Å²) in [6.45, 7) is 6.97. The van der Waals surface area contributed by atoms with Crippen LogP contribution in [0, 0.1) is 5.92 Å². The molecule has 0 aromatic rings. The summed E-state index contributed by atoms with van der Waals surface area (Å²) in [7, 11) is 0. The van der Waals surface area contributed by atoms with E-state index in [4.69, 9.17) is 14.2 Å². The summed E-state index contributed by atoms with van der Waals surface area (Å²) < 4.78 is 16.8. The molecule has 0 saturated carbocycles. The molecule has 5 atom stereocenters. The number of hydrogen-bond acceptors (Lipinski definition) is 5. The molecule has 3 aliphatic heterocycles. The Bertz CT molecular complexity index is 445. The number of carbonyl (C=O) groups excluding carboxylic acids is 2. The van der Waals surface area contributed by atoms with E-state index in [0.29, 0.717) is 12.8 Å². The monoisotopic (exact) mass is 252 g/mol. The standard InChI is InChI=1S/C13H16O5/c1-4-9(14)17-13-6-8-5-12(3,11(13)16-8)18-10(15)7(13)2/h4,7-8,11H,1,5-6H2,2-3H3. The van der Waals surface area contributed by atoms with Crippen LogP contribution in [-0.4, -0.2) is 35.3 Å². The summed E-state index contributed by atoms with van der Waals surface area (Å²) >= 11 is 0. The van der Waals surface area contributed by atoms with Gasteiger partial charge in [-0.25, -0.2) is 4.79 Å². The van der Waals surface area contributed by atoms with Gasteiger partial charge in [0.05, 0.1) is 12.0 Å². The fourth-order valence-corrected chi connectivity index (χ4v) is 3.59. The third kappa shape index (κ3) is 1.25. The minimum absolute atomic E-state index is 0.00633. The molecule has 0 amide bonds. The topological polar surface area (TPSA) is 61.8 Å². The minimum atomic E-state index is -0.891. The van der Waals surface area contributed by atoms with Gasteiger partial charge in [0.1, 0.15) is 11.7 Å². The van der Waals surface area contributed by atoms with Crippen molar-refractivity contribution < 1.29 is 23.8 Å². The van der Waals surface area contributed by atoms with Gasteiger partial charge in [-0.15, -0.1) is 0 Å². The van der Waals surface area contributed by atoms with Crippen molar-refractivity contribution in [1.82, 2.24) is 0 Å².